The summed E-state index contributed by atoms with van der Waals surface area (Å²) >= 11 is 0.133. The molecular weight excluding hydrogens is 437 g/mol. The number of benzene rings is 2. The van der Waals surface area contributed by atoms with Crippen LogP contribution in [0.3, 0.4) is 0 Å². The summed E-state index contributed by atoms with van der Waals surface area (Å²) < 4.78 is 32.1. The van der Waals surface area contributed by atoms with Crippen molar-refractivity contribution < 1.29 is 23.6 Å². The molecule has 0 bridgehead atoms. The summed E-state index contributed by atoms with van der Waals surface area (Å²) in [7, 11) is 0. The number of hydrogen-bond donors (Lipinski definition) is 1. The summed E-state index contributed by atoms with van der Waals surface area (Å²) in [6.07, 6.45) is 5.58. The predicted molar refractivity (Wildman–Crippen MR) is 123 cm³/mol. The summed E-state index contributed by atoms with van der Waals surface area (Å²) in [5.74, 6) is -2.00. The molecule has 0 amide bonds. The summed E-state index contributed by atoms with van der Waals surface area (Å²) in [5.41, 5.74) is 1.85. The van der Waals surface area contributed by atoms with Crippen LogP contribution in [-0.4, -0.2) is 34.2 Å². The lowest BCUT2D eigenvalue weighted by Crippen LogP contribution is -2.26. The van der Waals surface area contributed by atoms with Gasteiger partial charge >= 0.3 is 5.97 Å². The third-order valence-electron chi connectivity index (χ3n) is 5.14. The van der Waals surface area contributed by atoms with Gasteiger partial charge in [-0.1, -0.05) is 38.0 Å². The Hall–Kier alpha value is -2.16. The molecule has 0 radical (unpaired) electrons. The number of carboxylic acids is 1. The van der Waals surface area contributed by atoms with Gasteiger partial charge in [-0.25, -0.2) is 4.79 Å². The first-order valence-corrected chi connectivity index (χ1v) is 12.7. The number of aliphatic carboxylic acids is 1. The van der Waals surface area contributed by atoms with E-state index in [0.717, 1.165) is 37.2 Å². The number of nitrogens with zero attached hydrogens (tertiary/aromatic N) is 1. The van der Waals surface area contributed by atoms with Crippen molar-refractivity contribution >= 4 is 40.3 Å². The van der Waals surface area contributed by atoms with Crippen molar-refractivity contribution in [3.05, 3.63) is 54.6 Å². The molecule has 2 aromatic rings. The van der Waals surface area contributed by atoms with Crippen molar-refractivity contribution in [1.29, 1.82) is 0 Å². The predicted octanol–water partition coefficient (Wildman–Crippen LogP) is 5.75. The lowest BCUT2D eigenvalue weighted by Gasteiger charge is -2.27. The highest BCUT2D eigenvalue weighted by atomic mass is 32.2. The van der Waals surface area contributed by atoms with Gasteiger partial charge in [-0.2, -0.15) is 4.39 Å². The number of rotatable bonds is 8. The molecule has 2 atom stereocenters. The van der Waals surface area contributed by atoms with E-state index >= 15 is 0 Å². The lowest BCUT2D eigenvalue weighted by atomic mass is 10.0. The number of anilines is 2. The molecule has 3 rings (SSSR count). The maximum Gasteiger partial charge on any atom is 0.368 e. The van der Waals surface area contributed by atoms with E-state index in [9.17, 15) is 13.7 Å². The van der Waals surface area contributed by atoms with Crippen molar-refractivity contribution in [2.45, 2.75) is 36.0 Å². The van der Waals surface area contributed by atoms with Gasteiger partial charge in [0.1, 0.15) is 17.8 Å². The molecule has 0 spiro atoms. The minimum atomic E-state index is -1.70. The Bertz CT molecular complexity index is 939. The maximum atomic E-state index is 13.4. The van der Waals surface area contributed by atoms with Crippen LogP contribution in [-0.2, 0) is 16.0 Å². The van der Waals surface area contributed by atoms with Crippen LogP contribution < -0.4 is 9.64 Å². The van der Waals surface area contributed by atoms with Gasteiger partial charge in [-0.3, -0.25) is 0 Å². The quantitative estimate of drug-likeness (QED) is 0.233. The van der Waals surface area contributed by atoms with Crippen LogP contribution in [0.1, 0.15) is 26.2 Å². The smallest absolute Gasteiger partial charge is 0.368 e. The molecule has 1 aliphatic heterocycles. The van der Waals surface area contributed by atoms with E-state index < -0.39 is 23.0 Å². The Morgan fingerprint density at radius 1 is 1.39 bits per heavy atom. The molecule has 1 N–H and O–H groups in total. The average molecular weight is 464 g/mol. The van der Waals surface area contributed by atoms with E-state index in [4.69, 9.17) is 9.84 Å². The van der Waals surface area contributed by atoms with Gasteiger partial charge in [0, 0.05) is 24.2 Å². The molecule has 5 nitrogen and oxygen atoms in total. The average Bonchev–Trinajstić information content (AvgIpc) is 2.91. The molecule has 1 heterocycles. The highest BCUT2D eigenvalue weighted by Gasteiger charge is 2.33. The third kappa shape index (κ3) is 5.75. The molecular formula is C23H26FNO4S2. The number of halogens is 1. The molecule has 0 saturated carbocycles. The number of para-hydroxylation sites is 1. The van der Waals surface area contributed by atoms with Crippen LogP contribution in [0.4, 0.5) is 15.8 Å². The zero-order valence-electron chi connectivity index (χ0n) is 17.5. The molecule has 0 saturated heterocycles. The van der Waals surface area contributed by atoms with Crippen molar-refractivity contribution in [3.8, 4) is 5.75 Å². The number of hydrogen-bond acceptors (Lipinski definition) is 5. The first kappa shape index (κ1) is 23.5. The first-order valence-electron chi connectivity index (χ1n) is 10.1. The highest BCUT2D eigenvalue weighted by Crippen LogP contribution is 2.43. The lowest BCUT2D eigenvalue weighted by molar-refractivity contribution is -0.134. The van der Waals surface area contributed by atoms with Crippen LogP contribution >= 0.6 is 11.8 Å². The molecule has 2 aromatic carbocycles. The minimum Gasteiger partial charge on any atom is -0.611 e. The Morgan fingerprint density at radius 3 is 2.77 bits per heavy atom. The van der Waals surface area contributed by atoms with Gasteiger partial charge in [-0.15, -0.1) is 11.8 Å². The standard InChI is InChI=1S/C23H26FNO4S2/c1-3-4-8-16-13-25(17-9-6-5-7-10-17)19-11-21(30-2)20(12-22(19)31(28)15-16)29-14-18(24)23(26)27/h5-7,9-12,14,16H,3-4,8,13,15H2,1-2H3,(H,26,27)/b18-14-/t16-,31?/m0/s1. The van der Waals surface area contributed by atoms with E-state index in [1.165, 1.54) is 11.8 Å². The van der Waals surface area contributed by atoms with E-state index in [0.29, 0.717) is 21.8 Å². The minimum absolute atomic E-state index is 0.264. The van der Waals surface area contributed by atoms with Crippen molar-refractivity contribution in [3.63, 3.8) is 0 Å². The van der Waals surface area contributed by atoms with Gasteiger partial charge in [-0.05, 0) is 42.1 Å². The molecule has 166 valence electrons. The van der Waals surface area contributed by atoms with Crippen LogP contribution in [0.5, 0.6) is 5.75 Å². The zero-order valence-corrected chi connectivity index (χ0v) is 19.2. The summed E-state index contributed by atoms with van der Waals surface area (Å²) in [6, 6.07) is 13.5. The van der Waals surface area contributed by atoms with Crippen molar-refractivity contribution in [2.75, 3.05) is 23.5 Å². The fourth-order valence-corrected chi connectivity index (χ4v) is 5.63. The number of ether oxygens (including phenoxy) is 1. The Labute approximate surface area is 189 Å². The number of carboxylic acid groups (broad SMARTS) is 1. The molecule has 0 aromatic heterocycles. The van der Waals surface area contributed by atoms with Crippen LogP contribution in [0.2, 0.25) is 0 Å². The molecule has 0 aliphatic carbocycles. The second kappa shape index (κ2) is 10.9. The van der Waals surface area contributed by atoms with Gasteiger partial charge in [0.2, 0.25) is 5.83 Å². The molecule has 1 unspecified atom stereocenters. The van der Waals surface area contributed by atoms with Crippen LogP contribution in [0.15, 0.2) is 64.3 Å². The number of carbonyl (C=O) groups is 1. The van der Waals surface area contributed by atoms with Crippen molar-refractivity contribution in [1.82, 2.24) is 0 Å². The second-order valence-corrected chi connectivity index (χ2v) is 9.64. The first-order chi connectivity index (χ1) is 14.9. The van der Waals surface area contributed by atoms with Crippen LogP contribution in [0, 0.1) is 5.92 Å². The van der Waals surface area contributed by atoms with Crippen LogP contribution in [0.25, 0.3) is 0 Å². The molecule has 1 aliphatic rings. The van der Waals surface area contributed by atoms with E-state index in [1.54, 1.807) is 6.07 Å². The van der Waals surface area contributed by atoms with Gasteiger partial charge in [0.25, 0.3) is 0 Å². The molecule has 0 fully saturated rings. The number of thioether (sulfide) groups is 1. The fourth-order valence-electron chi connectivity index (χ4n) is 3.57. The normalized spacial score (nSPS) is 19.0. The number of fused-ring (bicyclic) bond motifs is 1. The fraction of sp³-hybridized carbons (Fsp3) is 0.348. The summed E-state index contributed by atoms with van der Waals surface area (Å²) in [6.45, 7) is 2.90. The largest absolute Gasteiger partial charge is 0.611 e. The maximum absolute atomic E-state index is 13.4. The molecule has 8 heteroatoms. The topological polar surface area (TPSA) is 72.8 Å². The number of unbranched alkanes of at least 4 members (excludes halogenated alkanes) is 1. The zero-order chi connectivity index (χ0) is 22.4. The highest BCUT2D eigenvalue weighted by molar-refractivity contribution is 7.98. The third-order valence-corrected chi connectivity index (χ3v) is 7.49. The SMILES string of the molecule is CCCC[C@H]1CN(c2ccccc2)c2cc(SC)c(O/C=C(\F)C(=O)O)cc2[S+]([O-])C1. The molecule has 31 heavy (non-hydrogen) atoms. The van der Waals surface area contributed by atoms with Crippen molar-refractivity contribution in [2.24, 2.45) is 5.92 Å². The Balaban J connectivity index is 2.07. The summed E-state index contributed by atoms with van der Waals surface area (Å²) in [4.78, 5) is 14.3. The van der Waals surface area contributed by atoms with Gasteiger partial charge in [0.05, 0.1) is 10.6 Å². The Kier molecular flexibility index (Phi) is 8.28. The van der Waals surface area contributed by atoms with E-state index in [1.807, 2.05) is 42.7 Å². The second-order valence-electron chi connectivity index (χ2n) is 7.33. The van der Waals surface area contributed by atoms with E-state index in [2.05, 4.69) is 11.8 Å². The van der Waals surface area contributed by atoms with E-state index in [-0.39, 0.29) is 11.7 Å². The van der Waals surface area contributed by atoms with Gasteiger partial charge < -0.3 is 19.3 Å². The van der Waals surface area contributed by atoms with Gasteiger partial charge in [0.15, 0.2) is 4.90 Å². The monoisotopic (exact) mass is 463 g/mol. The summed E-state index contributed by atoms with van der Waals surface area (Å²) in [5, 5.41) is 8.73. The Morgan fingerprint density at radius 2 is 2.13 bits per heavy atom.